The molecule has 1 aromatic rings. The first-order valence-corrected chi connectivity index (χ1v) is 8.81. The van der Waals surface area contributed by atoms with E-state index >= 15 is 0 Å². The standard InChI is InChI=1S/C17H22BrFN2O.ClH/c18-15-8-14(19)5-4-12(15)9-21-17(22)13-6-10-2-1-3-11(7-13)16(10)20;/h4-5,8,10-11,13,16H,1-3,6-7,9,20H2,(H,21,22);1H. The van der Waals surface area contributed by atoms with Crippen molar-refractivity contribution in [1.82, 2.24) is 5.32 Å². The summed E-state index contributed by atoms with van der Waals surface area (Å²) in [6.45, 7) is 0.428. The molecule has 6 heteroatoms. The lowest BCUT2D eigenvalue weighted by molar-refractivity contribution is -0.128. The van der Waals surface area contributed by atoms with E-state index in [-0.39, 0.29) is 36.1 Å². The molecule has 3 N–H and O–H groups in total. The molecule has 2 fully saturated rings. The van der Waals surface area contributed by atoms with Crippen LogP contribution in [0.4, 0.5) is 4.39 Å². The van der Waals surface area contributed by atoms with Crippen molar-refractivity contribution in [3.05, 3.63) is 34.1 Å². The molecule has 2 aliphatic rings. The predicted octanol–water partition coefficient (Wildman–Crippen LogP) is 3.78. The average molecular weight is 406 g/mol. The lowest BCUT2D eigenvalue weighted by Crippen LogP contribution is -2.49. The number of carbonyl (C=O) groups excluding carboxylic acids is 1. The fourth-order valence-corrected chi connectivity index (χ4v) is 4.49. The van der Waals surface area contributed by atoms with E-state index in [2.05, 4.69) is 21.2 Å². The zero-order valence-electron chi connectivity index (χ0n) is 12.9. The molecule has 3 rings (SSSR count). The molecule has 23 heavy (non-hydrogen) atoms. The minimum absolute atomic E-state index is 0. The van der Waals surface area contributed by atoms with Crippen LogP contribution in [0.25, 0.3) is 0 Å². The maximum absolute atomic E-state index is 13.1. The number of halogens is 3. The normalized spacial score (nSPS) is 29.5. The molecule has 1 aromatic carbocycles. The van der Waals surface area contributed by atoms with Crippen molar-refractivity contribution in [3.8, 4) is 0 Å². The fraction of sp³-hybridized carbons (Fsp3) is 0.588. The largest absolute Gasteiger partial charge is 0.352 e. The number of amides is 1. The Balaban J connectivity index is 0.00000192. The number of rotatable bonds is 3. The summed E-state index contributed by atoms with van der Waals surface area (Å²) in [5, 5.41) is 3.00. The molecule has 128 valence electrons. The molecule has 0 spiro atoms. The van der Waals surface area contributed by atoms with E-state index in [4.69, 9.17) is 5.73 Å². The Morgan fingerprint density at radius 2 is 1.96 bits per heavy atom. The van der Waals surface area contributed by atoms with Crippen LogP contribution in [0.1, 0.15) is 37.7 Å². The minimum atomic E-state index is -0.281. The second kappa shape index (κ2) is 7.95. The summed E-state index contributed by atoms with van der Waals surface area (Å²) >= 11 is 3.33. The van der Waals surface area contributed by atoms with Gasteiger partial charge in [0, 0.05) is 23.0 Å². The molecule has 2 unspecified atom stereocenters. The summed E-state index contributed by atoms with van der Waals surface area (Å²) in [5.41, 5.74) is 7.16. The molecule has 0 radical (unpaired) electrons. The first-order chi connectivity index (χ1) is 10.5. The number of nitrogens with one attached hydrogen (secondary N) is 1. The fourth-order valence-electron chi connectivity index (χ4n) is 3.99. The number of hydrogen-bond donors (Lipinski definition) is 2. The van der Waals surface area contributed by atoms with Gasteiger partial charge >= 0.3 is 0 Å². The van der Waals surface area contributed by atoms with Gasteiger partial charge in [0.2, 0.25) is 5.91 Å². The van der Waals surface area contributed by atoms with Crippen molar-refractivity contribution in [1.29, 1.82) is 0 Å². The topological polar surface area (TPSA) is 55.1 Å². The van der Waals surface area contributed by atoms with Crippen LogP contribution in [0.15, 0.2) is 22.7 Å². The van der Waals surface area contributed by atoms with Crippen LogP contribution in [0.2, 0.25) is 0 Å². The van der Waals surface area contributed by atoms with Crippen molar-refractivity contribution in [2.24, 2.45) is 23.5 Å². The van der Waals surface area contributed by atoms with Gasteiger partial charge in [0.25, 0.3) is 0 Å². The van der Waals surface area contributed by atoms with E-state index < -0.39 is 0 Å². The van der Waals surface area contributed by atoms with E-state index in [0.717, 1.165) is 31.2 Å². The molecule has 1 amide bonds. The lowest BCUT2D eigenvalue weighted by atomic mass is 9.65. The molecule has 0 saturated heterocycles. The summed E-state index contributed by atoms with van der Waals surface area (Å²) in [4.78, 5) is 12.4. The first kappa shape index (κ1) is 18.7. The van der Waals surface area contributed by atoms with Crippen LogP contribution in [-0.2, 0) is 11.3 Å². The van der Waals surface area contributed by atoms with Gasteiger partial charge < -0.3 is 11.1 Å². The average Bonchev–Trinajstić information content (AvgIpc) is 2.45. The summed E-state index contributed by atoms with van der Waals surface area (Å²) in [5.74, 6) is 0.909. The Morgan fingerprint density at radius 3 is 2.57 bits per heavy atom. The molecule has 2 saturated carbocycles. The third kappa shape index (κ3) is 4.25. The van der Waals surface area contributed by atoms with Crippen molar-refractivity contribution in [2.75, 3.05) is 0 Å². The van der Waals surface area contributed by atoms with E-state index in [1.807, 2.05) is 0 Å². The Morgan fingerprint density at radius 1 is 1.30 bits per heavy atom. The van der Waals surface area contributed by atoms with E-state index in [1.54, 1.807) is 6.07 Å². The number of hydrogen-bond acceptors (Lipinski definition) is 2. The monoisotopic (exact) mass is 404 g/mol. The van der Waals surface area contributed by atoms with E-state index in [9.17, 15) is 9.18 Å². The van der Waals surface area contributed by atoms with Crippen molar-refractivity contribution in [3.63, 3.8) is 0 Å². The highest BCUT2D eigenvalue weighted by Crippen LogP contribution is 2.41. The smallest absolute Gasteiger partial charge is 0.223 e. The predicted molar refractivity (Wildman–Crippen MR) is 94.7 cm³/mol. The Bertz CT molecular complexity index is 558. The number of benzene rings is 1. The van der Waals surface area contributed by atoms with Crippen LogP contribution in [0.5, 0.6) is 0 Å². The maximum atomic E-state index is 13.1. The lowest BCUT2D eigenvalue weighted by Gasteiger charge is -2.43. The van der Waals surface area contributed by atoms with Gasteiger partial charge in [-0.3, -0.25) is 4.79 Å². The Kier molecular flexibility index (Phi) is 6.46. The van der Waals surface area contributed by atoms with Gasteiger partial charge in [-0.05, 0) is 55.2 Å². The van der Waals surface area contributed by atoms with E-state index in [1.165, 1.54) is 18.6 Å². The quantitative estimate of drug-likeness (QED) is 0.804. The SMILES string of the molecule is Cl.NC1C2CCCC1CC(C(=O)NCc1ccc(F)cc1Br)C2. The van der Waals surface area contributed by atoms with E-state index in [0.29, 0.717) is 22.9 Å². The molecule has 0 aromatic heterocycles. The molecular formula is C17H23BrClFN2O. The highest BCUT2D eigenvalue weighted by atomic mass is 79.9. The summed E-state index contributed by atoms with van der Waals surface area (Å²) in [7, 11) is 0. The van der Waals surface area contributed by atoms with Gasteiger partial charge in [0.1, 0.15) is 5.82 Å². The maximum Gasteiger partial charge on any atom is 0.223 e. The Hall–Kier alpha value is -0.650. The third-order valence-corrected chi connectivity index (χ3v) is 5.99. The molecule has 2 aliphatic carbocycles. The minimum Gasteiger partial charge on any atom is -0.352 e. The van der Waals surface area contributed by atoms with Gasteiger partial charge in [0.15, 0.2) is 0 Å². The third-order valence-electron chi connectivity index (χ3n) is 5.25. The molecule has 2 bridgehead atoms. The molecule has 0 aliphatic heterocycles. The van der Waals surface area contributed by atoms with Gasteiger partial charge in [-0.15, -0.1) is 12.4 Å². The molecular weight excluding hydrogens is 383 g/mol. The summed E-state index contributed by atoms with van der Waals surface area (Å²) in [6, 6.07) is 4.82. The van der Waals surface area contributed by atoms with Crippen molar-refractivity contribution in [2.45, 2.75) is 44.7 Å². The molecule has 2 atom stereocenters. The summed E-state index contributed by atoms with van der Waals surface area (Å²) in [6.07, 6.45) is 5.39. The van der Waals surface area contributed by atoms with Crippen molar-refractivity contribution >= 4 is 34.2 Å². The second-order valence-corrected chi connectivity index (χ2v) is 7.50. The van der Waals surface area contributed by atoms with Gasteiger partial charge in [-0.2, -0.15) is 0 Å². The van der Waals surface area contributed by atoms with Crippen LogP contribution >= 0.6 is 28.3 Å². The van der Waals surface area contributed by atoms with Crippen LogP contribution in [0.3, 0.4) is 0 Å². The Labute approximate surface area is 151 Å². The number of nitrogens with two attached hydrogens (primary N) is 1. The molecule has 0 heterocycles. The van der Waals surface area contributed by atoms with Crippen molar-refractivity contribution < 1.29 is 9.18 Å². The number of carbonyl (C=O) groups is 1. The first-order valence-electron chi connectivity index (χ1n) is 8.02. The second-order valence-electron chi connectivity index (χ2n) is 6.65. The van der Waals surface area contributed by atoms with Gasteiger partial charge in [-0.1, -0.05) is 28.4 Å². The zero-order valence-corrected chi connectivity index (χ0v) is 15.3. The number of fused-ring (bicyclic) bond motifs is 2. The summed E-state index contributed by atoms with van der Waals surface area (Å²) < 4.78 is 13.8. The van der Waals surface area contributed by atoms with Gasteiger partial charge in [-0.25, -0.2) is 4.39 Å². The zero-order chi connectivity index (χ0) is 15.7. The highest BCUT2D eigenvalue weighted by molar-refractivity contribution is 9.10. The van der Waals surface area contributed by atoms with Crippen LogP contribution < -0.4 is 11.1 Å². The highest BCUT2D eigenvalue weighted by Gasteiger charge is 2.40. The molecule has 3 nitrogen and oxygen atoms in total. The van der Waals surface area contributed by atoms with Crippen LogP contribution in [-0.4, -0.2) is 11.9 Å². The van der Waals surface area contributed by atoms with Gasteiger partial charge in [0.05, 0.1) is 0 Å². The van der Waals surface area contributed by atoms with Crippen LogP contribution in [0, 0.1) is 23.6 Å².